The quantitative estimate of drug-likeness (QED) is 0.533. The molecule has 10 heavy (non-hydrogen) atoms. The van der Waals surface area contributed by atoms with Crippen LogP contribution in [0.4, 0.5) is 13.2 Å². The third kappa shape index (κ3) is 7.75. The number of halogens is 3. The molecule has 0 fully saturated rings. The van der Waals surface area contributed by atoms with Gasteiger partial charge in [-0.25, -0.2) is 0 Å². The first-order valence-electron chi connectivity index (χ1n) is 2.93. The van der Waals surface area contributed by atoms with Gasteiger partial charge in [0.25, 0.3) is 0 Å². The molecule has 0 aliphatic heterocycles. The van der Waals surface area contributed by atoms with Crippen molar-refractivity contribution < 1.29 is 17.7 Å². The Bertz CT molecular complexity index is 86.5. The number of hydrogen-bond donors (Lipinski definition) is 0. The summed E-state index contributed by atoms with van der Waals surface area (Å²) in [5, 5.41) is 0. The summed E-state index contributed by atoms with van der Waals surface area (Å²) in [5.41, 5.74) is 0. The molecule has 0 aliphatic carbocycles. The van der Waals surface area contributed by atoms with Crippen molar-refractivity contribution in [2.75, 3.05) is 21.1 Å². The molecule has 1 nitrogen and oxygen atoms in total. The van der Waals surface area contributed by atoms with E-state index in [0.717, 1.165) is 0 Å². The second kappa shape index (κ2) is 2.78. The lowest BCUT2D eigenvalue weighted by Crippen LogP contribution is -2.33. The number of quaternary nitrogens is 1. The first-order chi connectivity index (χ1) is 4.21. The Morgan fingerprint density at radius 2 is 1.60 bits per heavy atom. The minimum atomic E-state index is -4.06. The molecule has 0 amide bonds. The van der Waals surface area contributed by atoms with Crippen molar-refractivity contribution >= 4 is 0 Å². The van der Waals surface area contributed by atoms with Crippen molar-refractivity contribution in [2.24, 2.45) is 0 Å². The third-order valence-corrected chi connectivity index (χ3v) is 0.870. The van der Waals surface area contributed by atoms with E-state index in [1.807, 2.05) is 0 Å². The van der Waals surface area contributed by atoms with Crippen molar-refractivity contribution in [3.63, 3.8) is 0 Å². The number of rotatable bonds is 2. The van der Waals surface area contributed by atoms with Crippen molar-refractivity contribution in [1.29, 1.82) is 0 Å². The number of hydrogen-bond acceptors (Lipinski definition) is 0. The van der Waals surface area contributed by atoms with Crippen molar-refractivity contribution in [1.82, 2.24) is 0 Å². The molecule has 4 heteroatoms. The van der Waals surface area contributed by atoms with Crippen LogP contribution in [0.1, 0.15) is 6.42 Å². The summed E-state index contributed by atoms with van der Waals surface area (Å²) in [6.45, 7) is 1.21. The van der Waals surface area contributed by atoms with Crippen LogP contribution in [0.5, 0.6) is 0 Å². The molecule has 0 unspecified atom stereocenters. The predicted octanol–water partition coefficient (Wildman–Crippen LogP) is 1.81. The molecular formula is C6H12F3N+. The van der Waals surface area contributed by atoms with E-state index in [1.165, 1.54) is 6.54 Å². The van der Waals surface area contributed by atoms with Crippen LogP contribution < -0.4 is 0 Å². The Labute approximate surface area is 59.0 Å². The van der Waals surface area contributed by atoms with Crippen LogP contribution in [0, 0.1) is 6.54 Å². The largest absolute Gasteiger partial charge is 0.395 e. The van der Waals surface area contributed by atoms with Crippen LogP contribution in [0.25, 0.3) is 0 Å². The molecule has 0 heterocycles. The van der Waals surface area contributed by atoms with E-state index < -0.39 is 12.6 Å². The van der Waals surface area contributed by atoms with Gasteiger partial charge in [-0.3, -0.25) is 0 Å². The normalized spacial score (nSPS) is 13.8. The maximum Gasteiger partial charge on any atom is 0.395 e. The summed E-state index contributed by atoms with van der Waals surface area (Å²) >= 11 is 0. The Morgan fingerprint density at radius 1 is 1.20 bits per heavy atom. The average molecular weight is 155 g/mol. The lowest BCUT2D eigenvalue weighted by molar-refractivity contribution is -0.841. The molecule has 0 aromatic rings. The molecule has 0 bridgehead atoms. The van der Waals surface area contributed by atoms with Gasteiger partial charge in [-0.15, -0.1) is 0 Å². The highest BCUT2D eigenvalue weighted by atomic mass is 19.4. The van der Waals surface area contributed by atoms with Crippen LogP contribution in [0.2, 0.25) is 0 Å². The molecule has 0 spiro atoms. The summed E-state index contributed by atoms with van der Waals surface area (Å²) in [6.07, 6.45) is -4.89. The highest BCUT2D eigenvalue weighted by Crippen LogP contribution is 2.22. The van der Waals surface area contributed by atoms with E-state index in [9.17, 15) is 13.2 Å². The zero-order chi connectivity index (χ0) is 8.41. The summed E-state index contributed by atoms with van der Waals surface area (Å²) in [5.74, 6) is 0. The molecular weight excluding hydrogens is 143 g/mol. The minimum Gasteiger partial charge on any atom is -0.323 e. The molecule has 0 aromatic heterocycles. The van der Waals surface area contributed by atoms with Gasteiger partial charge < -0.3 is 4.48 Å². The van der Waals surface area contributed by atoms with Gasteiger partial charge in [0, 0.05) is 0 Å². The van der Waals surface area contributed by atoms with Gasteiger partial charge in [0.2, 0.25) is 0 Å². The first kappa shape index (κ1) is 9.75. The lowest BCUT2D eigenvalue weighted by atomic mass is 10.4. The Hall–Kier alpha value is -0.250. The maximum absolute atomic E-state index is 11.5. The Kier molecular flexibility index (Phi) is 2.71. The van der Waals surface area contributed by atoms with E-state index in [4.69, 9.17) is 0 Å². The third-order valence-electron chi connectivity index (χ3n) is 0.870. The van der Waals surface area contributed by atoms with E-state index >= 15 is 0 Å². The second-order valence-electron chi connectivity index (χ2n) is 3.12. The molecule has 0 aliphatic rings. The molecule has 0 saturated heterocycles. The molecule has 0 N–H and O–H groups in total. The van der Waals surface area contributed by atoms with Crippen LogP contribution in [-0.2, 0) is 0 Å². The fourth-order valence-electron chi connectivity index (χ4n) is 0.377. The maximum atomic E-state index is 11.5. The molecule has 0 rings (SSSR count). The summed E-state index contributed by atoms with van der Waals surface area (Å²) in [6, 6.07) is 0. The van der Waals surface area contributed by atoms with Gasteiger partial charge in [-0.1, -0.05) is 0 Å². The SMILES string of the molecule is C[N+](C)(C)[CH]CC(F)(F)F. The first-order valence-corrected chi connectivity index (χ1v) is 2.93. The van der Waals surface area contributed by atoms with E-state index in [1.54, 1.807) is 21.1 Å². The summed E-state index contributed by atoms with van der Waals surface area (Å²) in [4.78, 5) is 0. The molecule has 0 atom stereocenters. The van der Waals surface area contributed by atoms with Crippen molar-refractivity contribution in [2.45, 2.75) is 12.6 Å². The molecule has 61 valence electrons. The average Bonchev–Trinajstić information content (AvgIpc) is 1.57. The van der Waals surface area contributed by atoms with Crippen LogP contribution in [0.3, 0.4) is 0 Å². The minimum absolute atomic E-state index is 0.236. The number of alkyl halides is 3. The van der Waals surface area contributed by atoms with Gasteiger partial charge in [0.05, 0.1) is 21.1 Å². The molecule has 0 aromatic carbocycles. The zero-order valence-corrected chi connectivity index (χ0v) is 6.37. The molecule has 1 radical (unpaired) electrons. The second-order valence-corrected chi connectivity index (χ2v) is 3.12. The van der Waals surface area contributed by atoms with Gasteiger partial charge in [-0.05, 0) is 0 Å². The Balaban J connectivity index is 3.56. The fourth-order valence-corrected chi connectivity index (χ4v) is 0.377. The topological polar surface area (TPSA) is 0 Å². The molecule has 0 saturated carbocycles. The zero-order valence-electron chi connectivity index (χ0n) is 6.37. The number of nitrogens with zero attached hydrogens (tertiary/aromatic N) is 1. The van der Waals surface area contributed by atoms with Crippen molar-refractivity contribution in [3.8, 4) is 0 Å². The van der Waals surface area contributed by atoms with Crippen molar-refractivity contribution in [3.05, 3.63) is 6.54 Å². The van der Waals surface area contributed by atoms with Gasteiger partial charge in [0.1, 0.15) is 13.0 Å². The smallest absolute Gasteiger partial charge is 0.323 e. The predicted molar refractivity (Wildman–Crippen MR) is 33.0 cm³/mol. The van der Waals surface area contributed by atoms with Crippen LogP contribution in [0.15, 0.2) is 0 Å². The lowest BCUT2D eigenvalue weighted by Gasteiger charge is -2.22. The van der Waals surface area contributed by atoms with Crippen LogP contribution >= 0.6 is 0 Å². The van der Waals surface area contributed by atoms with Gasteiger partial charge in [-0.2, -0.15) is 13.2 Å². The summed E-state index contributed by atoms with van der Waals surface area (Å²) in [7, 11) is 5.06. The van der Waals surface area contributed by atoms with Gasteiger partial charge >= 0.3 is 6.18 Å². The highest BCUT2D eigenvalue weighted by molar-refractivity contribution is 4.58. The van der Waals surface area contributed by atoms with E-state index in [2.05, 4.69) is 0 Å². The monoisotopic (exact) mass is 155 g/mol. The van der Waals surface area contributed by atoms with Crippen LogP contribution in [-0.4, -0.2) is 31.8 Å². The summed E-state index contributed by atoms with van der Waals surface area (Å²) < 4.78 is 34.9. The van der Waals surface area contributed by atoms with Gasteiger partial charge in [0.15, 0.2) is 0 Å². The Morgan fingerprint density at radius 3 is 1.70 bits per heavy atom. The van der Waals surface area contributed by atoms with E-state index in [0.29, 0.717) is 0 Å². The standard InChI is InChI=1S/C6H12F3N/c1-10(2,3)5-4-6(7,8)9/h5H,4H2,1-3H3/q+1. The highest BCUT2D eigenvalue weighted by Gasteiger charge is 2.30. The fraction of sp³-hybridized carbons (Fsp3) is 0.833. The van der Waals surface area contributed by atoms with E-state index in [-0.39, 0.29) is 4.48 Å².